The maximum Gasteiger partial charge on any atom is 0.348 e. The summed E-state index contributed by atoms with van der Waals surface area (Å²) in [6.07, 6.45) is -0.806. The Hall–Kier alpha value is -15.5. The number of aromatic nitrogens is 12. The molecule has 9 aromatic heterocycles. The van der Waals surface area contributed by atoms with Crippen LogP contribution in [-0.2, 0) is 28.6 Å². The number of aliphatic carboxylic acids is 2. The predicted octanol–water partition coefficient (Wildman–Crippen LogP) is 13.6. The highest BCUT2D eigenvalue weighted by molar-refractivity contribution is 6.52. The van der Waals surface area contributed by atoms with Gasteiger partial charge in [-0.05, 0) is 124 Å². The molecule has 1 aliphatic heterocycles. The van der Waals surface area contributed by atoms with Gasteiger partial charge in [0, 0.05) is 63.3 Å². The molecule has 138 heavy (non-hydrogen) atoms. The number of aromatic carboxylic acids is 2. The van der Waals surface area contributed by atoms with Gasteiger partial charge in [-0.1, -0.05) is 92.8 Å². The van der Waals surface area contributed by atoms with Crippen molar-refractivity contribution in [2.45, 2.75) is 27.2 Å². The minimum atomic E-state index is -1.31. The number of aliphatic hydroxyl groups excluding tert-OH is 1. The van der Waals surface area contributed by atoms with Crippen LogP contribution in [0.4, 0.5) is 11.4 Å². The van der Waals surface area contributed by atoms with Crippen LogP contribution in [0.25, 0.3) is 82.4 Å². The second-order valence-corrected chi connectivity index (χ2v) is 30.3. The highest BCUT2D eigenvalue weighted by Gasteiger charge is 2.30. The first-order valence-corrected chi connectivity index (χ1v) is 42.0. The SMILES string of the molecule is CCOC(=O)c1cc(=O)[nH]c2cc(Cl)c(OC)cc12.CCOC(=O)c1cc(Cl)nc2cc(Cl)c(OC)cc12.CCOC(=O)c1cc2n[nH]c(=O)n2c2cc(Cl)c(OC)cc12.CO.COc1cc2c(C(=O)O)cc(=O)[nH]c2cc1Cl.COc1cc2c(C(=O)O)cc3n[nH]c(=O)n3c2cc1Cl.COc1cc2c(N)cc3n[nH]c(=O)n3c2cc1Cl.COc1cc2c(cc1Cl)NC(=O)C2=O.O=C(O)CC(=O)O. The number of nitrogens with zero attached hydrogens (tertiary/aromatic N) is 7. The molecule has 1 amide bonds. The molecule has 1 aliphatic rings. The highest BCUT2D eigenvalue weighted by Crippen LogP contribution is 2.40. The van der Waals surface area contributed by atoms with Crippen LogP contribution in [0.5, 0.6) is 40.2 Å². The number of benzene rings is 7. The fraction of sp³-hybridized carbons (Fsp3) is 0.172. The lowest BCUT2D eigenvalue weighted by Gasteiger charge is -2.10. The average Bonchev–Trinajstić information content (AvgIpc) is 1.59. The van der Waals surface area contributed by atoms with E-state index < -0.39 is 82.4 Å². The molecule has 13 N–H and O–H groups in total. The van der Waals surface area contributed by atoms with E-state index >= 15 is 0 Å². The number of carbonyl (C=O) groups is 9. The van der Waals surface area contributed by atoms with Crippen molar-refractivity contribution in [3.63, 3.8) is 0 Å². The third kappa shape index (κ3) is 24.2. The van der Waals surface area contributed by atoms with E-state index in [-0.39, 0.29) is 58.0 Å². The zero-order valence-corrected chi connectivity index (χ0v) is 79.2. The van der Waals surface area contributed by atoms with Crippen LogP contribution in [-0.4, -0.2) is 214 Å². The van der Waals surface area contributed by atoms with Gasteiger partial charge in [-0.25, -0.2) is 71.8 Å². The molecule has 0 saturated heterocycles. The van der Waals surface area contributed by atoms with E-state index in [9.17, 15) is 72.2 Å². The Bertz CT molecular complexity index is 7840. The number of halogens is 8. The van der Waals surface area contributed by atoms with Gasteiger partial charge >= 0.3 is 58.9 Å². The summed E-state index contributed by atoms with van der Waals surface area (Å²) in [6.45, 7) is 5.91. The van der Waals surface area contributed by atoms with E-state index in [1.165, 1.54) is 124 Å². The summed E-state index contributed by atoms with van der Waals surface area (Å²) < 4.78 is 54.5. The minimum absolute atomic E-state index is 0.0152. The molecule has 0 saturated carbocycles. The topological polar surface area (TPSA) is 614 Å². The Balaban J connectivity index is 0.000000178. The van der Waals surface area contributed by atoms with Gasteiger partial charge in [0.05, 0.1) is 177 Å². The van der Waals surface area contributed by atoms with Crippen LogP contribution in [0.15, 0.2) is 145 Å². The van der Waals surface area contributed by atoms with Crippen molar-refractivity contribution in [2.24, 2.45) is 0 Å². The van der Waals surface area contributed by atoms with Crippen LogP contribution in [0.2, 0.25) is 40.3 Å². The largest absolute Gasteiger partial charge is 0.495 e. The Morgan fingerprint density at radius 2 is 0.681 bits per heavy atom. The van der Waals surface area contributed by atoms with Crippen molar-refractivity contribution >= 4 is 240 Å². The van der Waals surface area contributed by atoms with Crippen LogP contribution >= 0.6 is 92.8 Å². The van der Waals surface area contributed by atoms with Gasteiger partial charge in [0.15, 0.2) is 16.9 Å². The van der Waals surface area contributed by atoms with Crippen LogP contribution in [0.3, 0.4) is 0 Å². The van der Waals surface area contributed by atoms with Crippen molar-refractivity contribution in [2.75, 3.05) is 87.7 Å². The number of ketones is 1. The summed E-state index contributed by atoms with van der Waals surface area (Å²) in [5, 5.41) is 67.3. The van der Waals surface area contributed by atoms with Crippen molar-refractivity contribution in [1.29, 1.82) is 0 Å². The number of aromatic amines is 5. The number of nitrogens with two attached hydrogens (primary N) is 1. The zero-order chi connectivity index (χ0) is 102. The number of methoxy groups -OCH3 is 7. The predicted molar refractivity (Wildman–Crippen MR) is 510 cm³/mol. The van der Waals surface area contributed by atoms with Crippen LogP contribution < -0.4 is 72.4 Å². The summed E-state index contributed by atoms with van der Waals surface area (Å²) in [6, 6.07) is 29.9. The molecular formula is C87H74Cl8N14O29. The van der Waals surface area contributed by atoms with E-state index in [1.807, 2.05) is 0 Å². The van der Waals surface area contributed by atoms with Crippen molar-refractivity contribution in [3.8, 4) is 40.2 Å². The fourth-order valence-corrected chi connectivity index (χ4v) is 14.8. The van der Waals surface area contributed by atoms with Gasteiger partial charge in [-0.2, -0.15) is 15.3 Å². The van der Waals surface area contributed by atoms with Crippen LogP contribution in [0.1, 0.15) is 89.3 Å². The second-order valence-electron chi connectivity index (χ2n) is 27.1. The number of pyridine rings is 6. The third-order valence-electron chi connectivity index (χ3n) is 18.9. The number of Topliss-reactive ketones (excluding diaryl/α,β-unsaturated/α-hetero) is 1. The molecule has 51 heteroatoms. The minimum Gasteiger partial charge on any atom is -0.495 e. The maximum atomic E-state index is 12.2. The number of esters is 3. The van der Waals surface area contributed by atoms with Crippen molar-refractivity contribution in [3.05, 3.63) is 247 Å². The number of H-pyrrole nitrogens is 5. The summed E-state index contributed by atoms with van der Waals surface area (Å²) in [5.41, 5.74) is 9.52. The van der Waals surface area contributed by atoms with E-state index in [0.29, 0.717) is 175 Å². The molecule has 10 heterocycles. The molecule has 0 fully saturated rings. The number of fused-ring (bicyclic) bond motifs is 13. The van der Waals surface area contributed by atoms with Gasteiger partial charge in [-0.3, -0.25) is 28.8 Å². The molecule has 0 unspecified atom stereocenters. The standard InChI is InChI=1S/C14H12ClN3O4.C13H11Cl2NO3.C13H12ClNO4.C12H8ClN3O4.C11H9ClN4O2.C11H8ClNO4.C9H6ClNO3.C3H4O4.CH4O/c1-3-22-13(19)8-5-12-16-17-14(20)18(12)10-6-9(15)11(21-2)4-7(8)10;1-3-19-13(17)8-5-12(15)16-10-6-9(14)11(18-2)4-7(8)10;1-3-19-13(17)8-5-12(16)15-10-6-9(14)11(18-2)4-7(8)10;1-20-9-2-5-6(11(17)18)3-10-14-15-12(19)16(10)8(5)4-7(9)13;1-18-9-2-5-7(13)4-10-14-15-11(17)16(10)8(5)3-6(9)12;1-17-9-2-5-6(11(15)16)3-10(14)13-8(5)4-7(9)12;1-14-7-2-4-6(3-5(7)10)11-9(13)8(4)12;4-2(5)1-3(6)7;1-2/h4-6H,3H2,1-2H3,(H,17,20);4-6H,3H2,1-2H3;4-6H,3H2,1-2H3,(H,15,16);2-4H,1H3,(H,15,19)(H,17,18);2-4H,13H2,1H3,(H,15,17);2-4H,1H3,(H,13,14)(H,15,16);2-3H,1H3,(H,11,12,13);1H2,(H,4,5)(H,6,7);2H,1H3. The number of aliphatic hydroxyl groups is 1. The van der Waals surface area contributed by atoms with Gasteiger partial charge in [0.2, 0.25) is 11.1 Å². The first-order chi connectivity index (χ1) is 65.6. The second kappa shape index (κ2) is 47.1. The van der Waals surface area contributed by atoms with Crippen LogP contribution in [0, 0.1) is 0 Å². The fourth-order valence-electron chi connectivity index (χ4n) is 13.0. The number of ether oxygens (including phenoxy) is 10. The zero-order valence-electron chi connectivity index (χ0n) is 73.1. The third-order valence-corrected chi connectivity index (χ3v) is 21.1. The summed E-state index contributed by atoms with van der Waals surface area (Å²) >= 11 is 47.8. The Morgan fingerprint density at radius 1 is 0.370 bits per heavy atom. The summed E-state index contributed by atoms with van der Waals surface area (Å²) in [7, 11) is 11.3. The van der Waals surface area contributed by atoms with Crippen molar-refractivity contribution in [1.82, 2.24) is 58.7 Å². The molecule has 0 atom stereocenters. The molecular weight excluding hydrogens is 1990 g/mol. The number of carbonyl (C=O) groups excluding carboxylic acids is 5. The Labute approximate surface area is 812 Å². The number of carboxylic acid groups (broad SMARTS) is 4. The molecule has 16 aromatic rings. The van der Waals surface area contributed by atoms with Crippen molar-refractivity contribution < 1.29 is 116 Å². The molecule has 43 nitrogen and oxygen atoms in total. The molecule has 0 radical (unpaired) electrons. The first-order valence-electron chi connectivity index (χ1n) is 38.9. The van der Waals surface area contributed by atoms with Gasteiger partial charge in [-0.15, -0.1) is 0 Å². The van der Waals surface area contributed by atoms with E-state index in [2.05, 4.69) is 50.9 Å². The molecule has 17 rings (SSSR count). The van der Waals surface area contributed by atoms with Gasteiger partial charge in [0.25, 0.3) is 11.7 Å². The number of amides is 1. The Kier molecular flexibility index (Phi) is 36.3. The number of nitrogen functional groups attached to an aromatic ring is 1. The van der Waals surface area contributed by atoms with E-state index in [4.69, 9.17) is 166 Å². The number of hydrogen-bond acceptors (Lipinski definition) is 30. The number of hydrogen-bond donors (Lipinski definition) is 12. The maximum absolute atomic E-state index is 12.2. The molecule has 0 bridgehead atoms. The first kappa shape index (κ1) is 106. The number of carboxylic acids is 4. The average molecular weight is 2060 g/mol. The quantitative estimate of drug-likeness (QED) is 0.0132. The van der Waals surface area contributed by atoms with E-state index in [1.54, 1.807) is 75.4 Å². The van der Waals surface area contributed by atoms with E-state index in [0.717, 1.165) is 13.2 Å². The molecule has 0 spiro atoms. The molecule has 0 aliphatic carbocycles. The lowest BCUT2D eigenvalue weighted by Crippen LogP contribution is -2.13. The molecule has 7 aromatic carbocycles. The summed E-state index contributed by atoms with van der Waals surface area (Å²) in [5.74, 6) is -4.78. The number of rotatable bonds is 17. The lowest BCUT2D eigenvalue weighted by atomic mass is 10.1. The Morgan fingerprint density at radius 3 is 1.07 bits per heavy atom. The monoisotopic (exact) mass is 2060 g/mol. The van der Waals surface area contributed by atoms with Gasteiger partial charge in [0.1, 0.15) is 51.8 Å². The molecule has 722 valence electrons. The highest BCUT2D eigenvalue weighted by atomic mass is 35.5. The normalized spacial score (nSPS) is 10.9. The van der Waals surface area contributed by atoms with Gasteiger partial charge < -0.3 is 93.9 Å². The number of nitrogens with one attached hydrogen (secondary N) is 6. The lowest BCUT2D eigenvalue weighted by molar-refractivity contribution is -0.147. The number of anilines is 2. The smallest absolute Gasteiger partial charge is 0.348 e. The summed E-state index contributed by atoms with van der Waals surface area (Å²) in [4.78, 5) is 167.